The number of nitrogens with one attached hydrogen (secondary N) is 2. The Balaban J connectivity index is 0.000000718. The summed E-state index contributed by atoms with van der Waals surface area (Å²) >= 11 is 0. The summed E-state index contributed by atoms with van der Waals surface area (Å²) in [5, 5.41) is 5.73. The normalized spacial score (nSPS) is 21.8. The van der Waals surface area contributed by atoms with Gasteiger partial charge in [0.15, 0.2) is 0 Å². The molecule has 1 saturated heterocycles. The van der Waals surface area contributed by atoms with Gasteiger partial charge in [-0.2, -0.15) is 0 Å². The van der Waals surface area contributed by atoms with E-state index in [0.29, 0.717) is 50.8 Å². The number of aromatic nitrogens is 1. The fourth-order valence-corrected chi connectivity index (χ4v) is 5.28. The second-order valence-electron chi connectivity index (χ2n) is 11.8. The van der Waals surface area contributed by atoms with Gasteiger partial charge in [0.05, 0.1) is 19.1 Å². The number of likely N-dealkylation sites (tertiary alicyclic amines) is 1. The minimum absolute atomic E-state index is 0. The first-order valence-corrected chi connectivity index (χ1v) is 15.5. The summed E-state index contributed by atoms with van der Waals surface area (Å²) in [5.74, 6) is 1.15. The van der Waals surface area contributed by atoms with E-state index in [1.807, 2.05) is 32.0 Å². The first kappa shape index (κ1) is 35.3. The second kappa shape index (κ2) is 20.1. The molecule has 3 amide bonds. The third-order valence-corrected chi connectivity index (χ3v) is 7.91. The van der Waals surface area contributed by atoms with Crippen molar-refractivity contribution < 1.29 is 31.5 Å². The highest BCUT2D eigenvalue weighted by molar-refractivity contribution is 5.89. The van der Waals surface area contributed by atoms with E-state index in [-0.39, 0.29) is 44.4 Å². The highest BCUT2D eigenvalue weighted by atomic mass is 16.5. The van der Waals surface area contributed by atoms with Crippen LogP contribution in [0, 0.1) is 23.7 Å². The Morgan fingerprint density at radius 3 is 2.26 bits per heavy atom. The van der Waals surface area contributed by atoms with Gasteiger partial charge in [-0.25, -0.2) is 0 Å². The quantitative estimate of drug-likeness (QED) is 0.353. The fraction of sp³-hybridized carbons (Fsp3) is 0.719. The lowest BCUT2D eigenvalue weighted by Gasteiger charge is -2.35. The highest BCUT2D eigenvalue weighted by Gasteiger charge is 2.36. The molecule has 240 valence electrons. The number of Topliss-reactive ketones (excluding diaryl/α,β-unsaturated/α-hetero) is 1. The van der Waals surface area contributed by atoms with Crippen LogP contribution in [0.2, 0.25) is 0 Å². The molecule has 0 spiro atoms. The van der Waals surface area contributed by atoms with Crippen LogP contribution in [-0.4, -0.2) is 86.5 Å². The van der Waals surface area contributed by atoms with Crippen LogP contribution in [-0.2, 0) is 28.7 Å². The van der Waals surface area contributed by atoms with E-state index in [2.05, 4.69) is 15.6 Å². The molecule has 1 aromatic heterocycles. The zero-order valence-electron chi connectivity index (χ0n) is 26.0. The Morgan fingerprint density at radius 2 is 1.74 bits per heavy atom. The highest BCUT2D eigenvalue weighted by Crippen LogP contribution is 2.30. The molecule has 2 saturated carbocycles. The standard InChI is InChI=1S/C18H31NO3.C9H16N2O3.C5H5N.2H2/c1-13(2)18(21)15-10-16(11-15)19-17(20)8-9-22-12-14-6-4-3-5-7-14;1-11-6-7(5-8(11)12)9(13)10-3-4-14-2;1-2-4-6-5-3-1;;/h13-16H,3-12H2,1-2H3,(H,19,20);7H,3-6H2,1-2H3,(H,10,13);1-5H;2*1H/t;7-;;;/m.0.../s1. The molecule has 0 unspecified atom stereocenters. The Morgan fingerprint density at radius 1 is 1.05 bits per heavy atom. The molecule has 0 aromatic carbocycles. The summed E-state index contributed by atoms with van der Waals surface area (Å²) in [6, 6.07) is 5.91. The van der Waals surface area contributed by atoms with E-state index < -0.39 is 0 Å². The lowest BCUT2D eigenvalue weighted by atomic mass is 9.75. The fourth-order valence-electron chi connectivity index (χ4n) is 5.28. The summed E-state index contributed by atoms with van der Waals surface area (Å²) in [6.07, 6.45) is 12.5. The summed E-state index contributed by atoms with van der Waals surface area (Å²) in [5.41, 5.74) is 0. The minimum atomic E-state index is -0.190. The number of hydrogen-bond donors (Lipinski definition) is 2. The molecule has 1 atom stereocenters. The largest absolute Gasteiger partial charge is 0.383 e. The second-order valence-corrected chi connectivity index (χ2v) is 11.8. The Hall–Kier alpha value is -2.85. The first-order chi connectivity index (χ1) is 20.2. The molecule has 2 aliphatic carbocycles. The number of methoxy groups -OCH3 is 1. The third-order valence-electron chi connectivity index (χ3n) is 7.91. The lowest BCUT2D eigenvalue weighted by Crippen LogP contribution is -2.47. The van der Waals surface area contributed by atoms with Gasteiger partial charge in [0.25, 0.3) is 0 Å². The monoisotopic (exact) mass is 592 g/mol. The zero-order valence-corrected chi connectivity index (χ0v) is 26.0. The molecular weight excluding hydrogens is 536 g/mol. The summed E-state index contributed by atoms with van der Waals surface area (Å²) in [6.45, 7) is 6.74. The molecule has 4 rings (SSSR count). The van der Waals surface area contributed by atoms with Crippen molar-refractivity contribution in [3.05, 3.63) is 30.6 Å². The van der Waals surface area contributed by atoms with E-state index in [0.717, 1.165) is 19.4 Å². The van der Waals surface area contributed by atoms with Gasteiger partial charge in [0.1, 0.15) is 5.78 Å². The van der Waals surface area contributed by atoms with Crippen LogP contribution in [0.4, 0.5) is 0 Å². The van der Waals surface area contributed by atoms with Gasteiger partial charge in [-0.3, -0.25) is 24.2 Å². The number of carbonyl (C=O) groups excluding carboxylic acids is 4. The maximum absolute atomic E-state index is 11.8. The molecule has 10 nitrogen and oxygen atoms in total. The number of ketones is 1. The molecule has 42 heavy (non-hydrogen) atoms. The topological polar surface area (TPSA) is 127 Å². The van der Waals surface area contributed by atoms with Crippen LogP contribution in [0.1, 0.15) is 74.5 Å². The zero-order chi connectivity index (χ0) is 30.7. The van der Waals surface area contributed by atoms with E-state index >= 15 is 0 Å². The number of carbonyl (C=O) groups is 4. The average Bonchev–Trinajstić information content (AvgIpc) is 3.32. The van der Waals surface area contributed by atoms with Crippen molar-refractivity contribution in [2.45, 2.75) is 77.7 Å². The van der Waals surface area contributed by atoms with Crippen LogP contribution < -0.4 is 10.6 Å². The van der Waals surface area contributed by atoms with Crippen LogP contribution in [0.3, 0.4) is 0 Å². The molecule has 1 aromatic rings. The van der Waals surface area contributed by atoms with Crippen molar-refractivity contribution in [2.75, 3.05) is 47.1 Å². The molecule has 3 aliphatic rings. The molecule has 0 radical (unpaired) electrons. The smallest absolute Gasteiger partial charge is 0.225 e. The maximum Gasteiger partial charge on any atom is 0.225 e. The summed E-state index contributed by atoms with van der Waals surface area (Å²) in [7, 11) is 3.30. The van der Waals surface area contributed by atoms with E-state index in [1.165, 1.54) is 32.1 Å². The van der Waals surface area contributed by atoms with E-state index in [4.69, 9.17) is 9.47 Å². The van der Waals surface area contributed by atoms with Gasteiger partial charge < -0.3 is 25.0 Å². The Bertz CT molecular complexity index is 917. The molecular formula is C32H56N4O6. The number of ether oxygens (including phenoxy) is 2. The molecule has 0 bridgehead atoms. The van der Waals surface area contributed by atoms with Crippen LogP contribution in [0.5, 0.6) is 0 Å². The SMILES string of the molecule is CC(C)C(=O)C1CC(NC(=O)CCOCC2CCCCC2)C1.COCCNC(=O)[C@H]1CC(=O)N(C)C1.[HH].[HH].c1ccncc1. The number of rotatable bonds is 12. The van der Waals surface area contributed by atoms with E-state index in [9.17, 15) is 19.2 Å². The van der Waals surface area contributed by atoms with Gasteiger partial charge >= 0.3 is 0 Å². The van der Waals surface area contributed by atoms with Crippen molar-refractivity contribution in [2.24, 2.45) is 23.7 Å². The van der Waals surface area contributed by atoms with Gasteiger partial charge in [-0.15, -0.1) is 0 Å². The lowest BCUT2D eigenvalue weighted by molar-refractivity contribution is -0.131. The Labute approximate surface area is 254 Å². The average molecular weight is 593 g/mol. The Kier molecular flexibility index (Phi) is 16.9. The number of nitrogens with zero attached hydrogens (tertiary/aromatic N) is 2. The molecule has 10 heteroatoms. The summed E-state index contributed by atoms with van der Waals surface area (Å²) < 4.78 is 10.5. The molecule has 2 heterocycles. The van der Waals surface area contributed by atoms with Crippen LogP contribution in [0.15, 0.2) is 30.6 Å². The summed E-state index contributed by atoms with van der Waals surface area (Å²) in [4.78, 5) is 51.6. The van der Waals surface area contributed by atoms with Crippen molar-refractivity contribution in [3.63, 3.8) is 0 Å². The predicted octanol–water partition coefficient (Wildman–Crippen LogP) is 3.89. The maximum atomic E-state index is 11.8. The van der Waals surface area contributed by atoms with Crippen LogP contribution >= 0.6 is 0 Å². The molecule has 2 N–H and O–H groups in total. The van der Waals surface area contributed by atoms with Gasteiger partial charge in [0.2, 0.25) is 17.7 Å². The minimum Gasteiger partial charge on any atom is -0.383 e. The van der Waals surface area contributed by atoms with Gasteiger partial charge in [-0.1, -0.05) is 39.2 Å². The van der Waals surface area contributed by atoms with Crippen molar-refractivity contribution >= 4 is 23.5 Å². The van der Waals surface area contributed by atoms with Crippen molar-refractivity contribution in [1.82, 2.24) is 20.5 Å². The third kappa shape index (κ3) is 13.9. The van der Waals surface area contributed by atoms with Gasteiger partial charge in [-0.05, 0) is 43.7 Å². The number of pyridine rings is 1. The molecule has 3 fully saturated rings. The van der Waals surface area contributed by atoms with Crippen molar-refractivity contribution in [1.29, 1.82) is 0 Å². The van der Waals surface area contributed by atoms with E-state index in [1.54, 1.807) is 31.5 Å². The first-order valence-electron chi connectivity index (χ1n) is 15.5. The van der Waals surface area contributed by atoms with Crippen molar-refractivity contribution in [3.8, 4) is 0 Å². The number of hydrogen-bond acceptors (Lipinski definition) is 7. The molecule has 1 aliphatic heterocycles. The number of amides is 3. The van der Waals surface area contributed by atoms with Crippen LogP contribution in [0.25, 0.3) is 0 Å². The predicted molar refractivity (Wildman–Crippen MR) is 166 cm³/mol. The van der Waals surface area contributed by atoms with Gasteiger partial charge in [0, 0.05) is 79.8 Å².